The molecule has 1 saturated carbocycles. The molecule has 3 aliphatic rings. The van der Waals surface area contributed by atoms with Gasteiger partial charge in [-0.25, -0.2) is 0 Å². The van der Waals surface area contributed by atoms with Gasteiger partial charge in [-0.05, 0) is 48.1 Å². The van der Waals surface area contributed by atoms with Crippen molar-refractivity contribution in [2.75, 3.05) is 12.4 Å². The number of fused-ring (bicyclic) bond motifs is 5. The molecule has 5 atom stereocenters. The van der Waals surface area contributed by atoms with E-state index in [4.69, 9.17) is 4.74 Å². The van der Waals surface area contributed by atoms with Gasteiger partial charge in [0.15, 0.2) is 0 Å². The molecule has 1 N–H and O–H groups in total. The molecule has 31 heavy (non-hydrogen) atoms. The van der Waals surface area contributed by atoms with E-state index in [2.05, 4.69) is 22.5 Å². The number of nitrogens with zero attached hydrogens (tertiary/aromatic N) is 2. The molecule has 0 radical (unpaired) electrons. The lowest BCUT2D eigenvalue weighted by Crippen LogP contribution is -2.38. The van der Waals surface area contributed by atoms with Gasteiger partial charge < -0.3 is 10.1 Å². The number of hydrogen-bond donors (Lipinski definition) is 1. The van der Waals surface area contributed by atoms with Crippen LogP contribution in [0.1, 0.15) is 24.4 Å². The summed E-state index contributed by atoms with van der Waals surface area (Å²) in [4.78, 5) is 45.0. The average molecular weight is 417 g/mol. The van der Waals surface area contributed by atoms with Crippen LogP contribution in [0.5, 0.6) is 5.75 Å². The highest BCUT2D eigenvalue weighted by molar-refractivity contribution is 6.07. The fourth-order valence-corrected chi connectivity index (χ4v) is 5.26. The summed E-state index contributed by atoms with van der Waals surface area (Å²) in [5, 5.41) is 2.81. The zero-order valence-corrected chi connectivity index (χ0v) is 17.1. The maximum Gasteiger partial charge on any atom is 0.234 e. The third kappa shape index (κ3) is 3.30. The molecule has 7 heteroatoms. The van der Waals surface area contributed by atoms with Crippen molar-refractivity contribution in [1.29, 1.82) is 0 Å². The Hall–Kier alpha value is -3.48. The van der Waals surface area contributed by atoms with Crippen LogP contribution in [-0.4, -0.2) is 34.7 Å². The van der Waals surface area contributed by atoms with Crippen molar-refractivity contribution in [3.63, 3.8) is 0 Å². The molecule has 1 aromatic carbocycles. The van der Waals surface area contributed by atoms with E-state index in [-0.39, 0.29) is 47.8 Å². The van der Waals surface area contributed by atoms with Gasteiger partial charge in [0.25, 0.3) is 0 Å². The molecule has 1 saturated heterocycles. The summed E-state index contributed by atoms with van der Waals surface area (Å²) in [5.74, 6) is -0.411. The molecular formula is C24H23N3O4. The van der Waals surface area contributed by atoms with E-state index < -0.39 is 6.04 Å². The Kier molecular flexibility index (Phi) is 4.81. The second-order valence-electron chi connectivity index (χ2n) is 8.33. The number of aromatic nitrogens is 1. The van der Waals surface area contributed by atoms with Crippen LogP contribution in [0.25, 0.3) is 0 Å². The first-order valence-electron chi connectivity index (χ1n) is 10.5. The standard InChI is InChI=1S/C24H23N3O4/c1-31-18-6-2-4-14(11-18)19(12-20(28)26-17-5-3-9-25-13-17)27-23(29)21-15-7-8-16(10-15)22(21)24(27)30/h2-9,11,13,15-16,19,21-22H,10,12H2,1H3,(H,26,28). The van der Waals surface area contributed by atoms with Crippen LogP contribution in [-0.2, 0) is 14.4 Å². The number of hydrogen-bond acceptors (Lipinski definition) is 5. The van der Waals surface area contributed by atoms with Crippen LogP contribution < -0.4 is 10.1 Å². The Labute approximate surface area is 180 Å². The Morgan fingerprint density at radius 1 is 1.16 bits per heavy atom. The lowest BCUT2D eigenvalue weighted by molar-refractivity contribution is -0.144. The van der Waals surface area contributed by atoms with E-state index in [1.165, 1.54) is 4.90 Å². The molecule has 7 nitrogen and oxygen atoms in total. The van der Waals surface area contributed by atoms with Gasteiger partial charge in [-0.3, -0.25) is 24.3 Å². The summed E-state index contributed by atoms with van der Waals surface area (Å²) in [6.45, 7) is 0. The lowest BCUT2D eigenvalue weighted by Gasteiger charge is -2.28. The maximum absolute atomic E-state index is 13.4. The normalized spacial score (nSPS) is 26.8. The zero-order chi connectivity index (χ0) is 21.5. The van der Waals surface area contributed by atoms with E-state index >= 15 is 0 Å². The summed E-state index contributed by atoms with van der Waals surface area (Å²) < 4.78 is 5.33. The van der Waals surface area contributed by atoms with Gasteiger partial charge in [-0.2, -0.15) is 0 Å². The fourth-order valence-electron chi connectivity index (χ4n) is 5.26. The SMILES string of the molecule is COc1cccc(C(CC(=O)Nc2cccnc2)N2C(=O)C3C4C=CC(C4)C3C2=O)c1. The molecule has 5 unspecified atom stereocenters. The molecule has 3 amide bonds. The summed E-state index contributed by atoms with van der Waals surface area (Å²) in [6.07, 6.45) is 8.13. The molecule has 0 spiro atoms. The van der Waals surface area contributed by atoms with Crippen molar-refractivity contribution in [1.82, 2.24) is 9.88 Å². The Morgan fingerprint density at radius 2 is 1.90 bits per heavy atom. The number of carbonyl (C=O) groups excluding carboxylic acids is 3. The minimum atomic E-state index is -0.697. The maximum atomic E-state index is 13.4. The summed E-state index contributed by atoms with van der Waals surface area (Å²) in [7, 11) is 1.56. The highest BCUT2D eigenvalue weighted by Crippen LogP contribution is 2.54. The number of nitrogens with one attached hydrogen (secondary N) is 1. The molecule has 2 aromatic rings. The second-order valence-corrected chi connectivity index (χ2v) is 8.33. The first-order valence-corrected chi connectivity index (χ1v) is 10.5. The number of carbonyl (C=O) groups is 3. The van der Waals surface area contributed by atoms with Crippen molar-refractivity contribution in [3.05, 3.63) is 66.5 Å². The van der Waals surface area contributed by atoms with Crippen molar-refractivity contribution in [3.8, 4) is 5.75 Å². The van der Waals surface area contributed by atoms with Gasteiger partial charge in [-0.1, -0.05) is 24.3 Å². The summed E-state index contributed by atoms with van der Waals surface area (Å²) in [6, 6.07) is 9.98. The summed E-state index contributed by atoms with van der Waals surface area (Å²) in [5.41, 5.74) is 1.26. The van der Waals surface area contributed by atoms with Crippen LogP contribution in [0.4, 0.5) is 5.69 Å². The highest BCUT2D eigenvalue weighted by atomic mass is 16.5. The molecular weight excluding hydrogens is 394 g/mol. The Balaban J connectivity index is 1.46. The average Bonchev–Trinajstić information content (AvgIpc) is 3.47. The third-order valence-electron chi connectivity index (χ3n) is 6.62. The van der Waals surface area contributed by atoms with Crippen molar-refractivity contribution in [2.24, 2.45) is 23.7 Å². The van der Waals surface area contributed by atoms with Gasteiger partial charge in [-0.15, -0.1) is 0 Å². The number of rotatable bonds is 6. The highest BCUT2D eigenvalue weighted by Gasteiger charge is 2.60. The topological polar surface area (TPSA) is 88.6 Å². The minimum Gasteiger partial charge on any atom is -0.497 e. The summed E-state index contributed by atoms with van der Waals surface area (Å²) >= 11 is 0. The van der Waals surface area contributed by atoms with E-state index in [0.717, 1.165) is 6.42 Å². The smallest absolute Gasteiger partial charge is 0.234 e. The molecule has 2 bridgehead atoms. The number of amides is 3. The van der Waals surface area contributed by atoms with Gasteiger partial charge in [0, 0.05) is 6.20 Å². The molecule has 5 rings (SSSR count). The lowest BCUT2D eigenvalue weighted by atomic mass is 9.85. The van der Waals surface area contributed by atoms with Gasteiger partial charge >= 0.3 is 0 Å². The third-order valence-corrected chi connectivity index (χ3v) is 6.62. The number of methoxy groups -OCH3 is 1. The molecule has 2 aliphatic carbocycles. The number of imide groups is 1. The van der Waals surface area contributed by atoms with E-state index in [1.54, 1.807) is 49.8 Å². The van der Waals surface area contributed by atoms with Crippen LogP contribution in [0.2, 0.25) is 0 Å². The fraction of sp³-hybridized carbons (Fsp3) is 0.333. The van der Waals surface area contributed by atoms with Crippen LogP contribution in [0, 0.1) is 23.7 Å². The molecule has 1 aromatic heterocycles. The number of benzene rings is 1. The molecule has 2 heterocycles. The minimum absolute atomic E-state index is 0.0399. The number of pyridine rings is 1. The van der Waals surface area contributed by atoms with Gasteiger partial charge in [0.05, 0.1) is 43.3 Å². The monoisotopic (exact) mass is 417 g/mol. The van der Waals surface area contributed by atoms with Crippen molar-refractivity contribution < 1.29 is 19.1 Å². The van der Waals surface area contributed by atoms with Crippen molar-refractivity contribution in [2.45, 2.75) is 18.9 Å². The first kappa shape index (κ1) is 19.5. The zero-order valence-electron chi connectivity index (χ0n) is 17.1. The quantitative estimate of drug-likeness (QED) is 0.577. The number of likely N-dealkylation sites (tertiary alicyclic amines) is 1. The van der Waals surface area contributed by atoms with E-state index in [0.29, 0.717) is 17.0 Å². The Morgan fingerprint density at radius 3 is 2.55 bits per heavy atom. The number of ether oxygens (including phenoxy) is 1. The molecule has 1 aliphatic heterocycles. The van der Waals surface area contributed by atoms with Gasteiger partial charge in [0.2, 0.25) is 17.7 Å². The van der Waals surface area contributed by atoms with Crippen LogP contribution in [0.15, 0.2) is 60.9 Å². The largest absolute Gasteiger partial charge is 0.497 e. The Bertz CT molecular complexity index is 1040. The molecule has 2 fully saturated rings. The van der Waals surface area contributed by atoms with Crippen LogP contribution in [0.3, 0.4) is 0 Å². The predicted molar refractivity (Wildman–Crippen MR) is 113 cm³/mol. The number of anilines is 1. The number of allylic oxidation sites excluding steroid dienone is 2. The second kappa shape index (κ2) is 7.65. The first-order chi connectivity index (χ1) is 15.1. The molecule has 158 valence electrons. The predicted octanol–water partition coefficient (Wildman–Crippen LogP) is 2.97. The van der Waals surface area contributed by atoms with E-state index in [9.17, 15) is 14.4 Å². The van der Waals surface area contributed by atoms with E-state index in [1.807, 2.05) is 6.07 Å². The van der Waals surface area contributed by atoms with Crippen LogP contribution >= 0.6 is 0 Å². The van der Waals surface area contributed by atoms with Crippen molar-refractivity contribution >= 4 is 23.4 Å². The van der Waals surface area contributed by atoms with Gasteiger partial charge in [0.1, 0.15) is 5.75 Å².